The number of aryl methyl sites for hydroxylation is 1. The van der Waals surface area contributed by atoms with Gasteiger partial charge in [0, 0.05) is 0 Å². The van der Waals surface area contributed by atoms with Crippen LogP contribution in [-0.2, 0) is 15.3 Å². The van der Waals surface area contributed by atoms with Crippen molar-refractivity contribution in [3.05, 3.63) is 29.8 Å². The molecule has 0 spiro atoms. The zero-order chi connectivity index (χ0) is 10.8. The fourth-order valence-electron chi connectivity index (χ4n) is 0.925. The summed E-state index contributed by atoms with van der Waals surface area (Å²) in [5.74, 6) is 0. The van der Waals surface area contributed by atoms with Crippen molar-refractivity contribution in [2.45, 2.75) is 38.2 Å². The molecule has 2 nitrogen and oxygen atoms in total. The minimum absolute atomic E-state index is 0.379. The predicted octanol–water partition coefficient (Wildman–Crippen LogP) is 2.83. The summed E-state index contributed by atoms with van der Waals surface area (Å²) in [6.45, 7) is 7.66. The second kappa shape index (κ2) is 4.24. The normalized spacial score (nSPS) is 14.0. The van der Waals surface area contributed by atoms with Crippen molar-refractivity contribution in [3.8, 4) is 0 Å². The lowest BCUT2D eigenvalue weighted by molar-refractivity contribution is 0.152. The molecule has 0 saturated carbocycles. The third kappa shape index (κ3) is 3.60. The molecule has 3 heteroatoms. The monoisotopic (exact) mass is 212 g/mol. The van der Waals surface area contributed by atoms with Crippen LogP contribution in [0.1, 0.15) is 26.3 Å². The Morgan fingerprint density at radius 1 is 1.14 bits per heavy atom. The van der Waals surface area contributed by atoms with Crippen LogP contribution in [-0.4, -0.2) is 9.81 Å². The lowest BCUT2D eigenvalue weighted by Gasteiger charge is -2.17. The summed E-state index contributed by atoms with van der Waals surface area (Å²) in [4.78, 5) is 0.713. The second-order valence-electron chi connectivity index (χ2n) is 4.24. The average Bonchev–Trinajstić information content (AvgIpc) is 2.02. The van der Waals surface area contributed by atoms with Crippen molar-refractivity contribution in [3.63, 3.8) is 0 Å². The van der Waals surface area contributed by atoms with Gasteiger partial charge in [0.05, 0.1) is 10.5 Å². The average molecular weight is 212 g/mol. The molecule has 0 aliphatic carbocycles. The van der Waals surface area contributed by atoms with Crippen molar-refractivity contribution in [1.82, 2.24) is 0 Å². The molecule has 0 bridgehead atoms. The molecule has 78 valence electrons. The molecule has 1 aromatic rings. The molecule has 1 rings (SSSR count). The Labute approximate surface area is 88.0 Å². The topological polar surface area (TPSA) is 26.3 Å². The first-order chi connectivity index (χ1) is 6.38. The summed E-state index contributed by atoms with van der Waals surface area (Å²) in [6, 6.07) is 7.52. The molecule has 0 aliphatic rings. The van der Waals surface area contributed by atoms with Crippen LogP contribution in [0.15, 0.2) is 29.2 Å². The molecule has 0 N–H and O–H groups in total. The molecule has 0 fully saturated rings. The van der Waals surface area contributed by atoms with E-state index in [-0.39, 0.29) is 5.60 Å². The summed E-state index contributed by atoms with van der Waals surface area (Å²) in [5, 5.41) is 0. The Balaban J connectivity index is 2.76. The molecule has 0 aliphatic heterocycles. The van der Waals surface area contributed by atoms with E-state index >= 15 is 0 Å². The Morgan fingerprint density at radius 2 is 1.64 bits per heavy atom. The number of hydrogen-bond donors (Lipinski definition) is 0. The van der Waals surface area contributed by atoms with E-state index in [1.54, 1.807) is 0 Å². The summed E-state index contributed by atoms with van der Waals surface area (Å²) in [6.07, 6.45) is 0. The molecule has 0 radical (unpaired) electrons. The largest absolute Gasteiger partial charge is 0.281 e. The third-order valence-electron chi connectivity index (χ3n) is 1.54. The first kappa shape index (κ1) is 11.4. The highest BCUT2D eigenvalue weighted by atomic mass is 32.2. The second-order valence-corrected chi connectivity index (χ2v) is 5.35. The van der Waals surface area contributed by atoms with Crippen LogP contribution in [0.4, 0.5) is 0 Å². The van der Waals surface area contributed by atoms with E-state index < -0.39 is 11.1 Å². The zero-order valence-electron chi connectivity index (χ0n) is 9.03. The van der Waals surface area contributed by atoms with Crippen molar-refractivity contribution in [2.24, 2.45) is 0 Å². The Bertz CT molecular complexity index is 322. The molecule has 0 amide bonds. The standard InChI is InChI=1S/C11H16O2S/c1-9-5-7-10(8-6-9)14(12)13-11(2,3)4/h5-8H,1-4H3/t14-/m1/s1. The highest BCUT2D eigenvalue weighted by Crippen LogP contribution is 2.16. The Hall–Kier alpha value is -0.670. The summed E-state index contributed by atoms with van der Waals surface area (Å²) in [7, 11) is 0. The van der Waals surface area contributed by atoms with Crippen LogP contribution in [0.2, 0.25) is 0 Å². The van der Waals surface area contributed by atoms with Crippen LogP contribution in [0.3, 0.4) is 0 Å². The van der Waals surface area contributed by atoms with Crippen molar-refractivity contribution in [1.29, 1.82) is 0 Å². The van der Waals surface area contributed by atoms with Gasteiger partial charge in [-0.3, -0.25) is 4.18 Å². The van der Waals surface area contributed by atoms with Gasteiger partial charge in [0.2, 0.25) is 0 Å². The van der Waals surface area contributed by atoms with Crippen LogP contribution in [0, 0.1) is 6.92 Å². The molecule has 14 heavy (non-hydrogen) atoms. The van der Waals surface area contributed by atoms with E-state index in [0.717, 1.165) is 5.56 Å². The van der Waals surface area contributed by atoms with Crippen LogP contribution in [0.5, 0.6) is 0 Å². The highest BCUT2D eigenvalue weighted by Gasteiger charge is 2.16. The zero-order valence-corrected chi connectivity index (χ0v) is 9.85. The molecular formula is C11H16O2S. The lowest BCUT2D eigenvalue weighted by atomic mass is 10.2. The van der Waals surface area contributed by atoms with Crippen molar-refractivity contribution >= 4 is 11.1 Å². The van der Waals surface area contributed by atoms with Gasteiger partial charge in [-0.1, -0.05) is 17.7 Å². The number of rotatable bonds is 2. The maximum Gasteiger partial charge on any atom is 0.189 e. The maximum absolute atomic E-state index is 11.7. The number of hydrogen-bond acceptors (Lipinski definition) is 2. The van der Waals surface area contributed by atoms with E-state index in [9.17, 15) is 4.21 Å². The smallest absolute Gasteiger partial charge is 0.189 e. The fourth-order valence-corrected chi connectivity index (χ4v) is 1.83. The first-order valence-corrected chi connectivity index (χ1v) is 5.64. The number of benzene rings is 1. The summed E-state index contributed by atoms with van der Waals surface area (Å²) < 4.78 is 17.0. The fraction of sp³-hybridized carbons (Fsp3) is 0.455. The van der Waals surface area contributed by atoms with Crippen molar-refractivity contribution in [2.75, 3.05) is 0 Å². The van der Waals surface area contributed by atoms with Crippen molar-refractivity contribution < 1.29 is 8.39 Å². The van der Waals surface area contributed by atoms with Gasteiger partial charge < -0.3 is 0 Å². The molecule has 0 aromatic heterocycles. The summed E-state index contributed by atoms with van der Waals surface area (Å²) in [5.41, 5.74) is 0.775. The molecule has 0 saturated heterocycles. The maximum atomic E-state index is 11.7. The molecule has 0 heterocycles. The molecular weight excluding hydrogens is 196 g/mol. The molecule has 1 atom stereocenters. The molecule has 0 unspecified atom stereocenters. The van der Waals surface area contributed by atoms with Crippen LogP contribution >= 0.6 is 0 Å². The van der Waals surface area contributed by atoms with E-state index in [2.05, 4.69) is 0 Å². The lowest BCUT2D eigenvalue weighted by Crippen LogP contribution is -2.20. The van der Waals surface area contributed by atoms with E-state index in [0.29, 0.717) is 4.90 Å². The van der Waals surface area contributed by atoms with Gasteiger partial charge in [-0.15, -0.1) is 0 Å². The van der Waals surface area contributed by atoms with Gasteiger partial charge in [-0.2, -0.15) is 0 Å². The van der Waals surface area contributed by atoms with E-state index in [4.69, 9.17) is 4.18 Å². The Kier molecular flexibility index (Phi) is 3.45. The van der Waals surface area contributed by atoms with Gasteiger partial charge in [0.1, 0.15) is 0 Å². The quantitative estimate of drug-likeness (QED) is 0.753. The van der Waals surface area contributed by atoms with Crippen LogP contribution < -0.4 is 0 Å². The van der Waals surface area contributed by atoms with Gasteiger partial charge in [-0.05, 0) is 39.8 Å². The third-order valence-corrected chi connectivity index (χ3v) is 2.85. The van der Waals surface area contributed by atoms with Crippen LogP contribution in [0.25, 0.3) is 0 Å². The SMILES string of the molecule is Cc1ccc([S@](=O)OC(C)(C)C)cc1. The first-order valence-electron chi connectivity index (χ1n) is 4.56. The predicted molar refractivity (Wildman–Crippen MR) is 58.4 cm³/mol. The van der Waals surface area contributed by atoms with Gasteiger partial charge in [-0.25, -0.2) is 4.21 Å². The van der Waals surface area contributed by atoms with Gasteiger partial charge in [0.15, 0.2) is 11.1 Å². The Morgan fingerprint density at radius 3 is 2.07 bits per heavy atom. The van der Waals surface area contributed by atoms with E-state index in [1.807, 2.05) is 52.0 Å². The van der Waals surface area contributed by atoms with E-state index in [1.165, 1.54) is 0 Å². The van der Waals surface area contributed by atoms with Gasteiger partial charge in [0.25, 0.3) is 0 Å². The minimum atomic E-state index is -1.36. The molecule has 1 aromatic carbocycles. The van der Waals surface area contributed by atoms with Gasteiger partial charge >= 0.3 is 0 Å². The highest BCUT2D eigenvalue weighted by molar-refractivity contribution is 7.80. The summed E-state index contributed by atoms with van der Waals surface area (Å²) >= 11 is -1.36. The minimum Gasteiger partial charge on any atom is -0.281 e.